The van der Waals surface area contributed by atoms with Crippen LogP contribution in [0.25, 0.3) is 0 Å². The Labute approximate surface area is 187 Å². The predicted molar refractivity (Wildman–Crippen MR) is 118 cm³/mol. The van der Waals surface area contributed by atoms with Gasteiger partial charge in [-0.2, -0.15) is 4.99 Å². The molecule has 2 aliphatic heterocycles. The number of hydrogen-bond acceptors (Lipinski definition) is 8. The van der Waals surface area contributed by atoms with Gasteiger partial charge in [0, 0.05) is 30.6 Å². The summed E-state index contributed by atoms with van der Waals surface area (Å²) in [5.74, 6) is -3.61. The van der Waals surface area contributed by atoms with Crippen molar-refractivity contribution in [2.75, 3.05) is 11.9 Å². The van der Waals surface area contributed by atoms with Gasteiger partial charge in [-0.15, -0.1) is 0 Å². The molecular formula is C20H21N7O6. The zero-order valence-electron chi connectivity index (χ0n) is 17.2. The van der Waals surface area contributed by atoms with E-state index in [9.17, 15) is 19.2 Å². The number of benzene rings is 1. The van der Waals surface area contributed by atoms with Gasteiger partial charge in [0.05, 0.1) is 11.9 Å². The standard InChI is InChI=1S/C20H21N7O6/c21-20-26-16-15(18(31)27-20)24-12(9-23-16)7-8-22-11-3-1-10(2-4-11)17(30)25-13(19(32)33)5-6-14(28)29/h1-4,9,13,15,22H,5-8H2,(H,25,30)(H,28,29)(H,32,33)(H2,21,27,31). The van der Waals surface area contributed by atoms with Gasteiger partial charge in [-0.1, -0.05) is 0 Å². The number of rotatable bonds is 10. The summed E-state index contributed by atoms with van der Waals surface area (Å²) in [5, 5.41) is 33.0. The molecule has 1 aromatic carbocycles. The number of guanidine groups is 1. The molecule has 0 saturated carbocycles. The van der Waals surface area contributed by atoms with Crippen LogP contribution in [0.1, 0.15) is 29.6 Å². The molecule has 0 aliphatic carbocycles. The Morgan fingerprint density at radius 3 is 2.58 bits per heavy atom. The second-order valence-corrected chi connectivity index (χ2v) is 7.14. The van der Waals surface area contributed by atoms with Crippen molar-refractivity contribution in [2.24, 2.45) is 15.0 Å². The Balaban J connectivity index is 1.51. The van der Waals surface area contributed by atoms with E-state index in [1.807, 2.05) is 0 Å². The summed E-state index contributed by atoms with van der Waals surface area (Å²) in [6, 6.07) is 4.15. The topological polar surface area (TPSA) is 206 Å². The summed E-state index contributed by atoms with van der Waals surface area (Å²) in [5.41, 5.74) is 1.52. The average molecular weight is 455 g/mol. The van der Waals surface area contributed by atoms with Crippen LogP contribution in [0.3, 0.4) is 0 Å². The van der Waals surface area contributed by atoms with E-state index in [0.717, 1.165) is 0 Å². The summed E-state index contributed by atoms with van der Waals surface area (Å²) in [6.45, 7) is 0.462. The number of amides is 2. The maximum Gasteiger partial charge on any atom is 0.326 e. The van der Waals surface area contributed by atoms with Crippen LogP contribution < -0.4 is 16.0 Å². The van der Waals surface area contributed by atoms with E-state index in [0.29, 0.717) is 24.4 Å². The van der Waals surface area contributed by atoms with Crippen LogP contribution in [-0.4, -0.2) is 76.3 Å². The normalized spacial score (nSPS) is 17.8. The lowest BCUT2D eigenvalue weighted by Gasteiger charge is -2.20. The summed E-state index contributed by atoms with van der Waals surface area (Å²) in [7, 11) is 0. The number of aliphatic imine (C=N–C) groups is 3. The number of carboxylic acids is 2. The molecule has 172 valence electrons. The van der Waals surface area contributed by atoms with Gasteiger partial charge in [-0.05, 0) is 30.7 Å². The molecule has 0 spiro atoms. The lowest BCUT2D eigenvalue weighted by molar-refractivity contribution is -0.140. The van der Waals surface area contributed by atoms with Crippen LogP contribution in [0, 0.1) is 5.41 Å². The first kappa shape index (κ1) is 23.2. The highest BCUT2D eigenvalue weighted by molar-refractivity contribution is 6.37. The Kier molecular flexibility index (Phi) is 7.23. The van der Waals surface area contributed by atoms with Gasteiger partial charge in [0.15, 0.2) is 11.9 Å². The minimum atomic E-state index is -1.31. The number of aliphatic carboxylic acids is 2. The molecule has 2 heterocycles. The second-order valence-electron chi connectivity index (χ2n) is 7.14. The number of carbonyl (C=O) groups excluding carboxylic acids is 2. The first-order valence-electron chi connectivity index (χ1n) is 9.91. The fourth-order valence-corrected chi connectivity index (χ4v) is 3.03. The van der Waals surface area contributed by atoms with E-state index >= 15 is 0 Å². The van der Waals surface area contributed by atoms with Gasteiger partial charge in [0.25, 0.3) is 11.8 Å². The van der Waals surface area contributed by atoms with E-state index in [1.165, 1.54) is 18.3 Å². The SMILES string of the molecule is N=C1N=C2N=CC(CCNc3ccc(C(=O)NC(CCC(=O)O)C(=O)O)cc3)=NC2C(=O)N1. The lowest BCUT2D eigenvalue weighted by Crippen LogP contribution is -2.47. The number of fused-ring (bicyclic) bond motifs is 1. The van der Waals surface area contributed by atoms with Crippen molar-refractivity contribution in [1.29, 1.82) is 5.41 Å². The highest BCUT2D eigenvalue weighted by atomic mass is 16.4. The summed E-state index contributed by atoms with van der Waals surface area (Å²) < 4.78 is 0. The maximum atomic E-state index is 12.3. The molecule has 0 radical (unpaired) electrons. The molecule has 2 aliphatic rings. The number of anilines is 1. The minimum absolute atomic E-state index is 0.183. The van der Waals surface area contributed by atoms with Crippen molar-refractivity contribution in [2.45, 2.75) is 31.3 Å². The van der Waals surface area contributed by atoms with Gasteiger partial charge in [-0.3, -0.25) is 30.1 Å². The molecule has 0 saturated heterocycles. The third-order valence-corrected chi connectivity index (χ3v) is 4.71. The molecule has 2 unspecified atom stereocenters. The summed E-state index contributed by atoms with van der Waals surface area (Å²) >= 11 is 0. The van der Waals surface area contributed by atoms with Crippen LogP contribution in [0.4, 0.5) is 5.69 Å². The van der Waals surface area contributed by atoms with Crippen molar-refractivity contribution >= 4 is 53.2 Å². The molecule has 2 atom stereocenters. The van der Waals surface area contributed by atoms with E-state index < -0.39 is 35.8 Å². The third-order valence-electron chi connectivity index (χ3n) is 4.71. The van der Waals surface area contributed by atoms with Crippen LogP contribution in [-0.2, 0) is 14.4 Å². The van der Waals surface area contributed by atoms with Gasteiger partial charge in [0.1, 0.15) is 6.04 Å². The quantitative estimate of drug-likeness (QED) is 0.282. The largest absolute Gasteiger partial charge is 0.481 e. The first-order chi connectivity index (χ1) is 15.7. The molecule has 3 rings (SSSR count). The molecule has 1 aromatic rings. The fourth-order valence-electron chi connectivity index (χ4n) is 3.03. The second kappa shape index (κ2) is 10.3. The molecule has 0 bridgehead atoms. The molecule has 0 aromatic heterocycles. The molecule has 2 amide bonds. The number of nitrogens with zero attached hydrogens (tertiary/aromatic N) is 3. The third kappa shape index (κ3) is 6.29. The smallest absolute Gasteiger partial charge is 0.326 e. The molecule has 13 heteroatoms. The molecular weight excluding hydrogens is 434 g/mol. The van der Waals surface area contributed by atoms with Crippen molar-refractivity contribution in [3.8, 4) is 0 Å². The monoisotopic (exact) mass is 455 g/mol. The van der Waals surface area contributed by atoms with E-state index in [2.05, 4.69) is 30.9 Å². The van der Waals surface area contributed by atoms with Crippen molar-refractivity contribution in [3.63, 3.8) is 0 Å². The number of hydrogen-bond donors (Lipinski definition) is 6. The van der Waals surface area contributed by atoms with E-state index in [1.54, 1.807) is 12.1 Å². The minimum Gasteiger partial charge on any atom is -0.481 e. The van der Waals surface area contributed by atoms with Gasteiger partial charge in [0.2, 0.25) is 5.96 Å². The maximum absolute atomic E-state index is 12.3. The Morgan fingerprint density at radius 2 is 1.91 bits per heavy atom. The Morgan fingerprint density at radius 1 is 1.18 bits per heavy atom. The number of carbonyl (C=O) groups is 4. The van der Waals surface area contributed by atoms with Crippen LogP contribution in [0.2, 0.25) is 0 Å². The predicted octanol–water partition coefficient (Wildman–Crippen LogP) is -0.107. The highest BCUT2D eigenvalue weighted by Gasteiger charge is 2.31. The first-order valence-corrected chi connectivity index (χ1v) is 9.91. The number of carboxylic acid groups (broad SMARTS) is 2. The number of amidine groups is 1. The van der Waals surface area contributed by atoms with Gasteiger partial charge >= 0.3 is 11.9 Å². The van der Waals surface area contributed by atoms with Crippen molar-refractivity contribution < 1.29 is 29.4 Å². The highest BCUT2D eigenvalue weighted by Crippen LogP contribution is 2.12. The molecule has 33 heavy (non-hydrogen) atoms. The van der Waals surface area contributed by atoms with Crippen LogP contribution in [0.5, 0.6) is 0 Å². The summed E-state index contributed by atoms with van der Waals surface area (Å²) in [6.07, 6.45) is 1.37. The average Bonchev–Trinajstić information content (AvgIpc) is 2.77. The summed E-state index contributed by atoms with van der Waals surface area (Å²) in [4.78, 5) is 58.3. The Bertz CT molecular complexity index is 1080. The van der Waals surface area contributed by atoms with Crippen molar-refractivity contribution in [1.82, 2.24) is 10.6 Å². The zero-order chi connectivity index (χ0) is 24.0. The van der Waals surface area contributed by atoms with E-state index in [-0.39, 0.29) is 30.2 Å². The Hall–Kier alpha value is -4.42. The zero-order valence-corrected chi connectivity index (χ0v) is 17.2. The van der Waals surface area contributed by atoms with Crippen LogP contribution >= 0.6 is 0 Å². The molecule has 0 fully saturated rings. The molecule has 6 N–H and O–H groups in total. The van der Waals surface area contributed by atoms with Crippen molar-refractivity contribution in [3.05, 3.63) is 29.8 Å². The van der Waals surface area contributed by atoms with Gasteiger partial charge < -0.3 is 20.8 Å². The molecule has 13 nitrogen and oxygen atoms in total. The van der Waals surface area contributed by atoms with Crippen LogP contribution in [0.15, 0.2) is 39.2 Å². The number of nitrogens with one attached hydrogen (secondary N) is 4. The lowest BCUT2D eigenvalue weighted by atomic mass is 10.1. The van der Waals surface area contributed by atoms with E-state index in [4.69, 9.17) is 15.6 Å². The van der Waals surface area contributed by atoms with Gasteiger partial charge in [-0.25, -0.2) is 9.79 Å². The fraction of sp³-hybridized carbons (Fsp3) is 0.300.